The number of hydrogen-bond acceptors (Lipinski definition) is 3. The minimum Gasteiger partial charge on any atom is -0.314 e. The Labute approximate surface area is 98.6 Å². The summed E-state index contributed by atoms with van der Waals surface area (Å²) in [5, 5.41) is 11.5. The van der Waals surface area contributed by atoms with E-state index in [0.29, 0.717) is 5.92 Å². The van der Waals surface area contributed by atoms with Gasteiger partial charge in [0.2, 0.25) is 0 Å². The van der Waals surface area contributed by atoms with Gasteiger partial charge in [0.1, 0.15) is 0 Å². The zero-order valence-corrected chi connectivity index (χ0v) is 10.8. The van der Waals surface area contributed by atoms with Gasteiger partial charge in [-0.1, -0.05) is 12.1 Å². The Morgan fingerprint density at radius 2 is 2.33 bits per heavy atom. The van der Waals surface area contributed by atoms with E-state index < -0.39 is 0 Å². The Hall–Kier alpha value is -0.420. The number of aromatic nitrogens is 3. The molecule has 1 aliphatic rings. The molecule has 4 nitrogen and oxygen atoms in total. The number of halogens is 1. The highest BCUT2D eigenvalue weighted by Crippen LogP contribution is 2.25. The van der Waals surface area contributed by atoms with Gasteiger partial charge in [-0.25, -0.2) is 0 Å². The van der Waals surface area contributed by atoms with E-state index >= 15 is 0 Å². The first-order valence-electron chi connectivity index (χ1n) is 5.47. The second-order valence-electron chi connectivity index (χ2n) is 4.31. The maximum atomic E-state index is 4.00. The van der Waals surface area contributed by atoms with E-state index in [1.54, 1.807) is 0 Å². The molecule has 0 radical (unpaired) electrons. The first-order valence-corrected chi connectivity index (χ1v) is 6.26. The fraction of sp³-hybridized carbons (Fsp3) is 0.800. The summed E-state index contributed by atoms with van der Waals surface area (Å²) in [6, 6.07) is 0.797. The average Bonchev–Trinajstić information content (AvgIpc) is 2.93. The summed E-state index contributed by atoms with van der Waals surface area (Å²) in [6.07, 6.45) is 3.84. The van der Waals surface area contributed by atoms with Gasteiger partial charge >= 0.3 is 0 Å². The van der Waals surface area contributed by atoms with Crippen molar-refractivity contribution in [2.75, 3.05) is 6.54 Å². The van der Waals surface area contributed by atoms with Crippen molar-refractivity contribution in [3.63, 3.8) is 0 Å². The first-order chi connectivity index (χ1) is 7.18. The molecule has 0 aliphatic heterocycles. The fourth-order valence-electron chi connectivity index (χ4n) is 1.79. The normalized spacial score (nSPS) is 18.1. The molecule has 5 heteroatoms. The summed E-state index contributed by atoms with van der Waals surface area (Å²) < 4.78 is 2.73. The Morgan fingerprint density at radius 3 is 2.87 bits per heavy atom. The quantitative estimate of drug-likeness (QED) is 0.890. The molecule has 1 saturated carbocycles. The van der Waals surface area contributed by atoms with E-state index in [0.717, 1.165) is 23.6 Å². The summed E-state index contributed by atoms with van der Waals surface area (Å²) in [6.45, 7) is 3.31. The third-order valence-corrected chi connectivity index (χ3v) is 3.45. The van der Waals surface area contributed by atoms with Gasteiger partial charge in [0.15, 0.2) is 4.60 Å². The minimum atomic E-state index is 0.491. The van der Waals surface area contributed by atoms with Crippen molar-refractivity contribution >= 4 is 15.9 Å². The lowest BCUT2D eigenvalue weighted by Gasteiger charge is -2.12. The van der Waals surface area contributed by atoms with Gasteiger partial charge in [-0.15, -0.1) is 5.10 Å². The van der Waals surface area contributed by atoms with Crippen LogP contribution in [0.5, 0.6) is 0 Å². The molecule has 0 bridgehead atoms. The predicted molar refractivity (Wildman–Crippen MR) is 62.8 cm³/mol. The number of nitrogens with zero attached hydrogens (tertiary/aromatic N) is 3. The molecule has 1 aromatic rings. The van der Waals surface area contributed by atoms with E-state index in [1.165, 1.54) is 18.5 Å². The van der Waals surface area contributed by atoms with Gasteiger partial charge in [0.25, 0.3) is 0 Å². The monoisotopic (exact) mass is 272 g/mol. The van der Waals surface area contributed by atoms with Crippen LogP contribution in [0.2, 0.25) is 0 Å². The number of aryl methyl sites for hydroxylation is 1. The zero-order chi connectivity index (χ0) is 10.8. The molecule has 1 unspecified atom stereocenters. The van der Waals surface area contributed by atoms with Crippen molar-refractivity contribution in [3.8, 4) is 0 Å². The summed E-state index contributed by atoms with van der Waals surface area (Å²) in [5.74, 6) is 0.491. The lowest BCUT2D eigenvalue weighted by atomic mass is 10.0. The topological polar surface area (TPSA) is 42.7 Å². The van der Waals surface area contributed by atoms with Crippen LogP contribution in [0.1, 0.15) is 37.8 Å². The molecule has 1 N–H and O–H groups in total. The largest absolute Gasteiger partial charge is 0.314 e. The predicted octanol–water partition coefficient (Wildman–Crippen LogP) is 1.82. The highest BCUT2D eigenvalue weighted by atomic mass is 79.9. The van der Waals surface area contributed by atoms with Crippen LogP contribution in [0.25, 0.3) is 0 Å². The summed E-state index contributed by atoms with van der Waals surface area (Å²) in [5.41, 5.74) is 1.19. The van der Waals surface area contributed by atoms with Crippen LogP contribution in [0.15, 0.2) is 4.60 Å². The van der Waals surface area contributed by atoms with Gasteiger partial charge in [-0.3, -0.25) is 4.68 Å². The van der Waals surface area contributed by atoms with Crippen LogP contribution in [-0.4, -0.2) is 27.6 Å². The fourth-order valence-corrected chi connectivity index (χ4v) is 2.51. The highest BCUT2D eigenvalue weighted by Gasteiger charge is 2.21. The lowest BCUT2D eigenvalue weighted by Crippen LogP contribution is -2.19. The highest BCUT2D eigenvalue weighted by molar-refractivity contribution is 9.10. The third-order valence-electron chi connectivity index (χ3n) is 2.88. The molecular weight excluding hydrogens is 256 g/mol. The molecule has 1 aromatic heterocycles. The third kappa shape index (κ3) is 2.78. The molecule has 15 heavy (non-hydrogen) atoms. The van der Waals surface area contributed by atoms with Gasteiger partial charge in [-0.2, -0.15) is 0 Å². The number of nitrogens with one attached hydrogen (secondary N) is 1. The molecule has 1 atom stereocenters. The Kier molecular flexibility index (Phi) is 3.41. The number of rotatable bonds is 5. The molecule has 0 amide bonds. The van der Waals surface area contributed by atoms with Crippen LogP contribution in [0.3, 0.4) is 0 Å². The molecule has 84 valence electrons. The van der Waals surface area contributed by atoms with Gasteiger partial charge in [-0.05, 0) is 41.7 Å². The second kappa shape index (κ2) is 4.61. The Balaban J connectivity index is 1.85. The molecule has 0 saturated heterocycles. The van der Waals surface area contributed by atoms with Crippen molar-refractivity contribution in [1.29, 1.82) is 0 Å². The summed E-state index contributed by atoms with van der Waals surface area (Å²) in [7, 11) is 1.94. The zero-order valence-electron chi connectivity index (χ0n) is 9.20. The first kappa shape index (κ1) is 11.1. The standard InChI is InChI=1S/C10H17BrN4/c1-7(5-6-12-8-3-4-8)9-10(11)13-14-15(9)2/h7-8,12H,3-6H2,1-2H3. The molecule has 1 heterocycles. The van der Waals surface area contributed by atoms with Crippen molar-refractivity contribution in [2.45, 2.75) is 38.1 Å². The SMILES string of the molecule is CC(CCNC1CC1)c1c(Br)nnn1C. The summed E-state index contributed by atoms with van der Waals surface area (Å²) in [4.78, 5) is 0. The van der Waals surface area contributed by atoms with Crippen LogP contribution in [0.4, 0.5) is 0 Å². The Bertz CT molecular complexity index is 313. The van der Waals surface area contributed by atoms with E-state index in [-0.39, 0.29) is 0 Å². The lowest BCUT2D eigenvalue weighted by molar-refractivity contribution is 0.554. The molecule has 1 fully saturated rings. The van der Waals surface area contributed by atoms with E-state index in [9.17, 15) is 0 Å². The van der Waals surface area contributed by atoms with Crippen LogP contribution in [-0.2, 0) is 7.05 Å². The van der Waals surface area contributed by atoms with E-state index in [1.807, 2.05) is 11.7 Å². The minimum absolute atomic E-state index is 0.491. The van der Waals surface area contributed by atoms with E-state index in [2.05, 4.69) is 38.5 Å². The molecule has 0 aromatic carbocycles. The number of hydrogen-bond donors (Lipinski definition) is 1. The van der Waals surface area contributed by atoms with Gasteiger partial charge < -0.3 is 5.32 Å². The van der Waals surface area contributed by atoms with Crippen molar-refractivity contribution in [2.24, 2.45) is 7.05 Å². The molecular formula is C10H17BrN4. The van der Waals surface area contributed by atoms with Crippen LogP contribution < -0.4 is 5.32 Å². The Morgan fingerprint density at radius 1 is 1.60 bits per heavy atom. The maximum Gasteiger partial charge on any atom is 0.151 e. The smallest absolute Gasteiger partial charge is 0.151 e. The second-order valence-corrected chi connectivity index (χ2v) is 5.06. The van der Waals surface area contributed by atoms with Gasteiger partial charge in [0.05, 0.1) is 5.69 Å². The molecule has 0 spiro atoms. The van der Waals surface area contributed by atoms with Gasteiger partial charge in [0, 0.05) is 19.0 Å². The summed E-state index contributed by atoms with van der Waals surface area (Å²) >= 11 is 3.44. The average molecular weight is 273 g/mol. The maximum absolute atomic E-state index is 4.00. The van der Waals surface area contributed by atoms with E-state index in [4.69, 9.17) is 0 Å². The van der Waals surface area contributed by atoms with Crippen LogP contribution >= 0.6 is 15.9 Å². The molecule has 2 rings (SSSR count). The van der Waals surface area contributed by atoms with Crippen LogP contribution in [0, 0.1) is 0 Å². The van der Waals surface area contributed by atoms with Crippen molar-refractivity contribution < 1.29 is 0 Å². The van der Waals surface area contributed by atoms with Crippen molar-refractivity contribution in [3.05, 3.63) is 10.3 Å². The molecule has 1 aliphatic carbocycles. The van der Waals surface area contributed by atoms with Crippen molar-refractivity contribution in [1.82, 2.24) is 20.3 Å².